The second kappa shape index (κ2) is 5.15. The molecule has 0 unspecified atom stereocenters. The Morgan fingerprint density at radius 2 is 2.22 bits per heavy atom. The van der Waals surface area contributed by atoms with Crippen LogP contribution in [0.15, 0.2) is 12.1 Å². The van der Waals surface area contributed by atoms with Crippen LogP contribution >= 0.6 is 0 Å². The first kappa shape index (κ1) is 14.1. The molecule has 18 heavy (non-hydrogen) atoms. The Morgan fingerprint density at radius 1 is 1.61 bits per heavy atom. The summed E-state index contributed by atoms with van der Waals surface area (Å²) < 4.78 is 0. The number of hydrogen-bond acceptors (Lipinski definition) is 7. The van der Waals surface area contributed by atoms with E-state index in [0.717, 1.165) is 0 Å². The first-order valence-electron chi connectivity index (χ1n) is 5.30. The number of aliphatic hydroxyl groups is 1. The Labute approximate surface area is 105 Å². The van der Waals surface area contributed by atoms with Crippen LogP contribution < -0.4 is 16.2 Å². The van der Waals surface area contributed by atoms with Gasteiger partial charge >= 0.3 is 5.69 Å². The van der Waals surface area contributed by atoms with Crippen molar-refractivity contribution in [2.45, 2.75) is 19.4 Å². The van der Waals surface area contributed by atoms with Gasteiger partial charge in [0, 0.05) is 13.1 Å². The highest BCUT2D eigenvalue weighted by Gasteiger charge is 2.29. The molecule has 8 heteroatoms. The van der Waals surface area contributed by atoms with Crippen molar-refractivity contribution in [3.8, 4) is 0 Å². The molecule has 1 aromatic heterocycles. The van der Waals surface area contributed by atoms with Gasteiger partial charge in [0.05, 0.1) is 17.1 Å². The molecule has 1 heterocycles. The Bertz CT molecular complexity index is 449. The molecule has 100 valence electrons. The number of nitrogens with one attached hydrogen (secondary N) is 1. The fourth-order valence-electron chi connectivity index (χ4n) is 1.30. The predicted molar refractivity (Wildman–Crippen MR) is 68.3 cm³/mol. The molecule has 0 aliphatic rings. The first-order valence-corrected chi connectivity index (χ1v) is 5.30. The maximum Gasteiger partial charge on any atom is 0.311 e. The third-order valence-electron chi connectivity index (χ3n) is 2.81. The van der Waals surface area contributed by atoms with Gasteiger partial charge in [0.2, 0.25) is 5.82 Å². The number of rotatable bonds is 5. The van der Waals surface area contributed by atoms with E-state index in [1.165, 1.54) is 12.1 Å². The van der Waals surface area contributed by atoms with Gasteiger partial charge in [-0.1, -0.05) is 0 Å². The lowest BCUT2D eigenvalue weighted by Crippen LogP contribution is -2.45. The average Bonchev–Trinajstić information content (AvgIpc) is 2.36. The zero-order chi connectivity index (χ0) is 13.9. The van der Waals surface area contributed by atoms with Crippen LogP contribution in [0.1, 0.15) is 13.8 Å². The molecule has 0 spiro atoms. The molecule has 0 fully saturated rings. The lowest BCUT2D eigenvalue weighted by Gasteiger charge is -2.34. The zero-order valence-corrected chi connectivity index (χ0v) is 10.5. The third-order valence-corrected chi connectivity index (χ3v) is 2.81. The SMILES string of the molecule is CN(c1nc(NN)ccc1[N+](=O)[O-])C(C)(C)CO. The standard InChI is InChI=1S/C10H17N5O3/c1-10(2,6-16)14(3)9-7(15(17)18)4-5-8(12-9)13-11/h4-5,16H,6,11H2,1-3H3,(H,12,13). The van der Waals surface area contributed by atoms with E-state index in [4.69, 9.17) is 5.84 Å². The Kier molecular flexibility index (Phi) is 4.04. The van der Waals surface area contributed by atoms with Crippen LogP contribution in [0.4, 0.5) is 17.3 Å². The number of nitro groups is 1. The fourth-order valence-corrected chi connectivity index (χ4v) is 1.30. The summed E-state index contributed by atoms with van der Waals surface area (Å²) in [4.78, 5) is 16.1. The normalized spacial score (nSPS) is 11.2. The smallest absolute Gasteiger partial charge is 0.311 e. The monoisotopic (exact) mass is 255 g/mol. The van der Waals surface area contributed by atoms with Gasteiger partial charge in [-0.3, -0.25) is 10.1 Å². The number of aromatic nitrogens is 1. The van der Waals surface area contributed by atoms with Crippen LogP contribution in [0.25, 0.3) is 0 Å². The molecule has 1 aromatic rings. The molecule has 0 aromatic carbocycles. The van der Waals surface area contributed by atoms with Crippen molar-refractivity contribution in [2.24, 2.45) is 5.84 Å². The minimum absolute atomic E-state index is 0.141. The Morgan fingerprint density at radius 3 is 2.67 bits per heavy atom. The quantitative estimate of drug-likeness (QED) is 0.398. The number of nitrogens with zero attached hydrogens (tertiary/aromatic N) is 3. The fraction of sp³-hybridized carbons (Fsp3) is 0.500. The summed E-state index contributed by atoms with van der Waals surface area (Å²) in [7, 11) is 1.63. The van der Waals surface area contributed by atoms with Crippen LogP contribution in [-0.4, -0.2) is 34.2 Å². The largest absolute Gasteiger partial charge is 0.394 e. The van der Waals surface area contributed by atoms with Gasteiger partial charge in [-0.05, 0) is 19.9 Å². The van der Waals surface area contributed by atoms with Gasteiger partial charge in [-0.25, -0.2) is 10.8 Å². The van der Waals surface area contributed by atoms with Crippen LogP contribution in [0.5, 0.6) is 0 Å². The molecule has 0 bridgehead atoms. The number of hydrazine groups is 1. The average molecular weight is 255 g/mol. The molecular weight excluding hydrogens is 238 g/mol. The second-order valence-corrected chi connectivity index (χ2v) is 4.47. The third kappa shape index (κ3) is 2.66. The number of aliphatic hydroxyl groups excluding tert-OH is 1. The lowest BCUT2D eigenvalue weighted by atomic mass is 10.1. The first-order chi connectivity index (χ1) is 8.33. The summed E-state index contributed by atoms with van der Waals surface area (Å²) in [5.41, 5.74) is 1.52. The van der Waals surface area contributed by atoms with Crippen molar-refractivity contribution in [1.29, 1.82) is 0 Å². The van der Waals surface area contributed by atoms with E-state index in [1.54, 1.807) is 25.8 Å². The minimum atomic E-state index is -0.676. The second-order valence-electron chi connectivity index (χ2n) is 4.47. The highest BCUT2D eigenvalue weighted by atomic mass is 16.6. The lowest BCUT2D eigenvalue weighted by molar-refractivity contribution is -0.384. The van der Waals surface area contributed by atoms with Crippen molar-refractivity contribution in [2.75, 3.05) is 24.0 Å². The van der Waals surface area contributed by atoms with Crippen LogP contribution in [-0.2, 0) is 0 Å². The summed E-state index contributed by atoms with van der Waals surface area (Å²) in [5.74, 6) is 5.70. The Balaban J connectivity index is 3.31. The number of nitrogens with two attached hydrogens (primary N) is 1. The van der Waals surface area contributed by atoms with Gasteiger partial charge < -0.3 is 15.4 Å². The number of anilines is 2. The summed E-state index contributed by atoms with van der Waals surface area (Å²) in [6.07, 6.45) is 0. The number of likely N-dealkylation sites (N-methyl/N-ethyl adjacent to an activating group) is 1. The molecule has 0 atom stereocenters. The maximum absolute atomic E-state index is 11.0. The molecule has 0 saturated carbocycles. The molecule has 0 radical (unpaired) electrons. The van der Waals surface area contributed by atoms with Gasteiger partial charge in [0.15, 0.2) is 0 Å². The van der Waals surface area contributed by atoms with E-state index < -0.39 is 10.5 Å². The van der Waals surface area contributed by atoms with Gasteiger partial charge in [0.1, 0.15) is 5.82 Å². The van der Waals surface area contributed by atoms with Crippen LogP contribution in [0, 0.1) is 10.1 Å². The summed E-state index contributed by atoms with van der Waals surface area (Å²) in [6.45, 7) is 3.34. The Hall–Kier alpha value is -1.93. The van der Waals surface area contributed by atoms with Crippen LogP contribution in [0.2, 0.25) is 0 Å². The van der Waals surface area contributed by atoms with Crippen molar-refractivity contribution in [3.63, 3.8) is 0 Å². The summed E-state index contributed by atoms with van der Waals surface area (Å²) in [6, 6.07) is 2.74. The summed E-state index contributed by atoms with van der Waals surface area (Å²) in [5, 5.41) is 20.3. The molecule has 8 nitrogen and oxygen atoms in total. The molecule has 0 aliphatic heterocycles. The van der Waals surface area contributed by atoms with Gasteiger partial charge in [-0.15, -0.1) is 0 Å². The molecule has 0 saturated heterocycles. The van der Waals surface area contributed by atoms with E-state index in [1.807, 2.05) is 0 Å². The molecule has 0 amide bonds. The van der Waals surface area contributed by atoms with Crippen molar-refractivity contribution < 1.29 is 10.0 Å². The highest BCUT2D eigenvalue weighted by molar-refractivity contribution is 5.62. The van der Waals surface area contributed by atoms with Gasteiger partial charge in [-0.2, -0.15) is 0 Å². The van der Waals surface area contributed by atoms with Crippen molar-refractivity contribution >= 4 is 17.3 Å². The zero-order valence-electron chi connectivity index (χ0n) is 10.5. The molecule has 0 aliphatic carbocycles. The maximum atomic E-state index is 11.0. The van der Waals surface area contributed by atoms with E-state index in [-0.39, 0.29) is 18.1 Å². The number of hydrogen-bond donors (Lipinski definition) is 3. The molecular formula is C10H17N5O3. The van der Waals surface area contributed by atoms with Gasteiger partial charge in [0.25, 0.3) is 0 Å². The van der Waals surface area contributed by atoms with E-state index >= 15 is 0 Å². The predicted octanol–water partition coefficient (Wildman–Crippen LogP) is 0.482. The van der Waals surface area contributed by atoms with E-state index in [2.05, 4.69) is 10.4 Å². The van der Waals surface area contributed by atoms with Crippen LogP contribution in [0.3, 0.4) is 0 Å². The minimum Gasteiger partial charge on any atom is -0.394 e. The number of nitrogen functional groups attached to an aromatic ring is 1. The number of pyridine rings is 1. The van der Waals surface area contributed by atoms with Crippen molar-refractivity contribution in [1.82, 2.24) is 4.98 Å². The van der Waals surface area contributed by atoms with E-state index in [0.29, 0.717) is 5.82 Å². The summed E-state index contributed by atoms with van der Waals surface area (Å²) >= 11 is 0. The topological polar surface area (TPSA) is 118 Å². The van der Waals surface area contributed by atoms with E-state index in [9.17, 15) is 15.2 Å². The van der Waals surface area contributed by atoms with Crippen molar-refractivity contribution in [3.05, 3.63) is 22.2 Å². The molecule has 4 N–H and O–H groups in total. The molecule has 1 rings (SSSR count). The highest BCUT2D eigenvalue weighted by Crippen LogP contribution is 2.30.